The number of nitro benzene ring substituents is 1. The molecule has 10 heteroatoms. The molecule has 0 spiro atoms. The maximum absolute atomic E-state index is 11.6. The van der Waals surface area contributed by atoms with Gasteiger partial charge >= 0.3 is 6.09 Å². The molecular formula is C21H23N5O4S. The monoisotopic (exact) mass is 441 g/mol. The summed E-state index contributed by atoms with van der Waals surface area (Å²) in [6, 6.07) is 10.3. The number of alkyl carbamates (subject to hydrolysis) is 1. The van der Waals surface area contributed by atoms with Crippen LogP contribution in [-0.4, -0.2) is 32.6 Å². The Morgan fingerprint density at radius 3 is 2.77 bits per heavy atom. The topological polar surface area (TPSA) is 112 Å². The van der Waals surface area contributed by atoms with Crippen LogP contribution < -0.4 is 5.32 Å². The van der Waals surface area contributed by atoms with Crippen molar-refractivity contribution in [1.29, 1.82) is 0 Å². The minimum Gasteiger partial charge on any atom is -0.441 e. The number of hydrogen-bond acceptors (Lipinski definition) is 7. The number of nitro groups is 1. The Hall–Kier alpha value is -3.40. The summed E-state index contributed by atoms with van der Waals surface area (Å²) < 4.78 is 7.23. The van der Waals surface area contributed by atoms with Gasteiger partial charge in [0.1, 0.15) is 10.9 Å². The zero-order chi connectivity index (χ0) is 22.4. The molecule has 0 aliphatic heterocycles. The first-order valence-corrected chi connectivity index (χ1v) is 10.5. The molecule has 2 heterocycles. The molecule has 3 aromatic rings. The molecule has 0 radical (unpaired) electrons. The first-order chi connectivity index (χ1) is 14.9. The summed E-state index contributed by atoms with van der Waals surface area (Å²) in [4.78, 5) is 32.0. The first kappa shape index (κ1) is 22.3. The number of benzene rings is 1. The number of amides is 1. The van der Waals surface area contributed by atoms with Crippen molar-refractivity contribution >= 4 is 23.5 Å². The summed E-state index contributed by atoms with van der Waals surface area (Å²) in [6.45, 7) is 4.52. The molecule has 0 saturated carbocycles. The average Bonchev–Trinajstić information content (AvgIpc) is 3.10. The van der Waals surface area contributed by atoms with Crippen LogP contribution in [0.2, 0.25) is 0 Å². The standard InChI is InChI=1S/C21H23N5O4S/c1-14(2)19-20(31-17-8-4-7-16(10-17)26(28)29)25(12-15-6-5-9-23-11-15)18(24-19)13-30-21(27)22-3/h4-11,14H,12-13H2,1-3H3,(H,22,27). The zero-order valence-corrected chi connectivity index (χ0v) is 18.3. The van der Waals surface area contributed by atoms with E-state index in [2.05, 4.69) is 10.3 Å². The van der Waals surface area contributed by atoms with E-state index in [-0.39, 0.29) is 18.2 Å². The molecule has 9 nitrogen and oxygen atoms in total. The fourth-order valence-corrected chi connectivity index (χ4v) is 4.12. The third-order valence-corrected chi connectivity index (χ3v) is 5.53. The number of nitrogens with zero attached hydrogens (tertiary/aromatic N) is 4. The highest BCUT2D eigenvalue weighted by atomic mass is 32.2. The number of nitrogens with one attached hydrogen (secondary N) is 1. The second-order valence-corrected chi connectivity index (χ2v) is 8.07. The van der Waals surface area contributed by atoms with Gasteiger partial charge in [-0.25, -0.2) is 9.78 Å². The minimum atomic E-state index is -0.546. The number of imidazole rings is 1. The van der Waals surface area contributed by atoms with Crippen LogP contribution in [0.3, 0.4) is 0 Å². The second kappa shape index (κ2) is 10.1. The van der Waals surface area contributed by atoms with Gasteiger partial charge in [0.05, 0.1) is 17.2 Å². The Bertz CT molecular complexity index is 1070. The molecule has 1 aromatic carbocycles. The molecule has 0 atom stereocenters. The molecule has 0 aliphatic carbocycles. The summed E-state index contributed by atoms with van der Waals surface area (Å²) in [5, 5.41) is 14.5. The molecule has 31 heavy (non-hydrogen) atoms. The van der Waals surface area contributed by atoms with E-state index in [1.807, 2.05) is 36.6 Å². The number of aromatic nitrogens is 3. The van der Waals surface area contributed by atoms with E-state index in [4.69, 9.17) is 9.72 Å². The molecule has 0 fully saturated rings. The molecule has 0 bridgehead atoms. The van der Waals surface area contributed by atoms with Crippen molar-refractivity contribution in [2.75, 3.05) is 7.05 Å². The quantitative estimate of drug-likeness (QED) is 0.408. The van der Waals surface area contributed by atoms with Gasteiger partial charge in [0.15, 0.2) is 6.61 Å². The van der Waals surface area contributed by atoms with Gasteiger partial charge in [0.25, 0.3) is 5.69 Å². The smallest absolute Gasteiger partial charge is 0.407 e. The largest absolute Gasteiger partial charge is 0.441 e. The fourth-order valence-electron chi connectivity index (χ4n) is 2.91. The molecule has 3 rings (SSSR count). The third kappa shape index (κ3) is 5.60. The van der Waals surface area contributed by atoms with E-state index < -0.39 is 11.0 Å². The Balaban J connectivity index is 2.05. The van der Waals surface area contributed by atoms with E-state index in [1.54, 1.807) is 18.5 Å². The minimum absolute atomic E-state index is 0.00481. The first-order valence-electron chi connectivity index (χ1n) is 9.64. The van der Waals surface area contributed by atoms with E-state index in [9.17, 15) is 14.9 Å². The van der Waals surface area contributed by atoms with Gasteiger partial charge in [-0.05, 0) is 23.6 Å². The summed E-state index contributed by atoms with van der Waals surface area (Å²) in [6.07, 6.45) is 2.92. The SMILES string of the molecule is CNC(=O)OCc1nc(C(C)C)c(Sc2cccc([N+](=O)[O-])c2)n1Cc1cccnc1. The highest BCUT2D eigenvalue weighted by Crippen LogP contribution is 2.36. The van der Waals surface area contributed by atoms with Crippen molar-refractivity contribution in [3.05, 3.63) is 76.0 Å². The maximum atomic E-state index is 11.6. The Morgan fingerprint density at radius 2 is 2.13 bits per heavy atom. The van der Waals surface area contributed by atoms with Crippen LogP contribution in [0.5, 0.6) is 0 Å². The zero-order valence-electron chi connectivity index (χ0n) is 17.4. The Labute approximate surface area is 184 Å². The van der Waals surface area contributed by atoms with E-state index in [1.165, 1.54) is 30.9 Å². The molecule has 0 saturated heterocycles. The van der Waals surface area contributed by atoms with Crippen LogP contribution in [0.1, 0.15) is 36.8 Å². The van der Waals surface area contributed by atoms with Crippen molar-refractivity contribution in [1.82, 2.24) is 19.9 Å². The van der Waals surface area contributed by atoms with Crippen LogP contribution in [0, 0.1) is 10.1 Å². The van der Waals surface area contributed by atoms with Gasteiger partial charge in [-0.1, -0.05) is 37.7 Å². The molecule has 2 aromatic heterocycles. The number of pyridine rings is 1. The van der Waals surface area contributed by atoms with Gasteiger partial charge in [-0.2, -0.15) is 0 Å². The number of ether oxygens (including phenoxy) is 1. The highest BCUT2D eigenvalue weighted by molar-refractivity contribution is 7.99. The average molecular weight is 442 g/mol. The van der Waals surface area contributed by atoms with Gasteiger partial charge in [0, 0.05) is 36.5 Å². The number of carbonyl (C=O) groups is 1. The van der Waals surface area contributed by atoms with Crippen molar-refractivity contribution in [2.45, 2.75) is 42.8 Å². The second-order valence-electron chi connectivity index (χ2n) is 7.00. The van der Waals surface area contributed by atoms with Crippen LogP contribution >= 0.6 is 11.8 Å². The summed E-state index contributed by atoms with van der Waals surface area (Å²) in [7, 11) is 1.49. The van der Waals surface area contributed by atoms with Crippen molar-refractivity contribution in [3.63, 3.8) is 0 Å². The molecular weight excluding hydrogens is 418 g/mol. The number of rotatable bonds is 8. The van der Waals surface area contributed by atoms with Crippen molar-refractivity contribution in [2.24, 2.45) is 0 Å². The van der Waals surface area contributed by atoms with Gasteiger partial charge in [-0.3, -0.25) is 15.1 Å². The number of carbonyl (C=O) groups excluding carboxylic acids is 1. The van der Waals surface area contributed by atoms with Crippen LogP contribution in [0.15, 0.2) is 58.7 Å². The lowest BCUT2D eigenvalue weighted by Gasteiger charge is -2.13. The predicted octanol–water partition coefficient (Wildman–Crippen LogP) is 4.37. The molecule has 0 aliphatic rings. The van der Waals surface area contributed by atoms with Crippen LogP contribution in [0.4, 0.5) is 10.5 Å². The maximum Gasteiger partial charge on any atom is 0.407 e. The molecule has 1 N–H and O–H groups in total. The lowest BCUT2D eigenvalue weighted by molar-refractivity contribution is -0.385. The van der Waals surface area contributed by atoms with E-state index in [0.717, 1.165) is 21.2 Å². The highest BCUT2D eigenvalue weighted by Gasteiger charge is 2.22. The Kier molecular flexibility index (Phi) is 7.24. The van der Waals surface area contributed by atoms with Crippen LogP contribution in [-0.2, 0) is 17.9 Å². The van der Waals surface area contributed by atoms with E-state index >= 15 is 0 Å². The summed E-state index contributed by atoms with van der Waals surface area (Å²) in [5.74, 6) is 0.680. The summed E-state index contributed by atoms with van der Waals surface area (Å²) in [5.41, 5.74) is 1.81. The summed E-state index contributed by atoms with van der Waals surface area (Å²) >= 11 is 1.40. The molecule has 0 unspecified atom stereocenters. The lowest BCUT2D eigenvalue weighted by Crippen LogP contribution is -2.20. The number of non-ortho nitro benzene ring substituents is 1. The van der Waals surface area contributed by atoms with Crippen molar-refractivity contribution in [3.8, 4) is 0 Å². The van der Waals surface area contributed by atoms with E-state index in [0.29, 0.717) is 12.4 Å². The number of hydrogen-bond donors (Lipinski definition) is 1. The predicted molar refractivity (Wildman–Crippen MR) is 116 cm³/mol. The Morgan fingerprint density at radius 1 is 1.32 bits per heavy atom. The van der Waals surface area contributed by atoms with Gasteiger partial charge < -0.3 is 14.6 Å². The normalized spacial score (nSPS) is 10.8. The third-order valence-electron chi connectivity index (χ3n) is 4.42. The molecule has 162 valence electrons. The van der Waals surface area contributed by atoms with Crippen LogP contribution in [0.25, 0.3) is 0 Å². The fraction of sp³-hybridized carbons (Fsp3) is 0.286. The molecule has 1 amide bonds. The lowest BCUT2D eigenvalue weighted by atomic mass is 10.1. The van der Waals surface area contributed by atoms with Crippen molar-refractivity contribution < 1.29 is 14.5 Å². The van der Waals surface area contributed by atoms with Gasteiger partial charge in [-0.15, -0.1) is 0 Å². The van der Waals surface area contributed by atoms with Gasteiger partial charge in [0.2, 0.25) is 0 Å².